The van der Waals surface area contributed by atoms with E-state index in [0.29, 0.717) is 28.9 Å². The number of carbonyl (C=O) groups is 3. The molecule has 0 aromatic carbocycles. The molecule has 12 heteroatoms. The second kappa shape index (κ2) is 12.2. The molecule has 4 N–H and O–H groups in total. The molecule has 0 aliphatic carbocycles. The fourth-order valence-electron chi connectivity index (χ4n) is 3.59. The summed E-state index contributed by atoms with van der Waals surface area (Å²) in [6.45, 7) is 4.38. The van der Waals surface area contributed by atoms with Crippen LogP contribution in [0.5, 0.6) is 0 Å². The predicted molar refractivity (Wildman–Crippen MR) is 131 cm³/mol. The van der Waals surface area contributed by atoms with Gasteiger partial charge in [-0.05, 0) is 51.3 Å². The van der Waals surface area contributed by atoms with Crippen LogP contribution in [-0.2, 0) is 32.0 Å². The number of nitrogens with zero attached hydrogens (tertiary/aromatic N) is 2. The van der Waals surface area contributed by atoms with Crippen molar-refractivity contribution in [2.45, 2.75) is 52.1 Å². The predicted octanol–water partition coefficient (Wildman–Crippen LogP) is 2.01. The number of nitrogens with two attached hydrogens (primary N) is 1. The molecule has 0 aliphatic rings. The van der Waals surface area contributed by atoms with Crippen molar-refractivity contribution in [3.63, 3.8) is 0 Å². The van der Waals surface area contributed by atoms with Crippen LogP contribution in [0.4, 0.5) is 5.95 Å². The number of nitrogens with one attached hydrogen (secondary N) is 2. The van der Waals surface area contributed by atoms with E-state index >= 15 is 0 Å². The molecule has 0 unspecified atom stereocenters. The second-order valence-electron chi connectivity index (χ2n) is 7.69. The molecule has 3 aromatic rings. The Hall–Kier alpha value is -3.67. The third-order valence-corrected chi connectivity index (χ3v) is 6.31. The molecular weight excluding hydrogens is 474 g/mol. The van der Waals surface area contributed by atoms with E-state index in [4.69, 9.17) is 15.2 Å². The Balaban J connectivity index is 1.57. The number of carbonyl (C=O) groups excluding carboxylic acids is 3. The Morgan fingerprint density at radius 1 is 1.20 bits per heavy atom. The minimum absolute atomic E-state index is 0.00763. The molecule has 3 aromatic heterocycles. The Morgan fingerprint density at radius 2 is 1.97 bits per heavy atom. The summed E-state index contributed by atoms with van der Waals surface area (Å²) >= 11 is 1.32. The van der Waals surface area contributed by atoms with E-state index in [2.05, 4.69) is 15.3 Å². The van der Waals surface area contributed by atoms with Crippen LogP contribution in [0.25, 0.3) is 11.0 Å². The van der Waals surface area contributed by atoms with Crippen molar-refractivity contribution in [2.75, 3.05) is 18.9 Å². The van der Waals surface area contributed by atoms with Crippen molar-refractivity contribution in [3.05, 3.63) is 44.5 Å². The Bertz CT molecular complexity index is 1250. The van der Waals surface area contributed by atoms with Gasteiger partial charge in [0.15, 0.2) is 0 Å². The summed E-state index contributed by atoms with van der Waals surface area (Å²) in [6, 6.07) is 4.36. The van der Waals surface area contributed by atoms with Gasteiger partial charge in [-0.1, -0.05) is 0 Å². The molecule has 0 saturated carbocycles. The van der Waals surface area contributed by atoms with Crippen LogP contribution in [0.2, 0.25) is 0 Å². The molecular formula is C23H29N5O6S. The molecule has 0 aliphatic heterocycles. The minimum atomic E-state index is -0.944. The number of rotatable bonds is 12. The molecule has 1 atom stereocenters. The lowest BCUT2D eigenvalue weighted by Crippen LogP contribution is -2.42. The van der Waals surface area contributed by atoms with Crippen molar-refractivity contribution >= 4 is 46.2 Å². The highest BCUT2D eigenvalue weighted by atomic mass is 32.1. The zero-order chi connectivity index (χ0) is 25.4. The highest BCUT2D eigenvalue weighted by Crippen LogP contribution is 2.20. The maximum absolute atomic E-state index is 12.7. The molecule has 3 rings (SSSR count). The van der Waals surface area contributed by atoms with Gasteiger partial charge >= 0.3 is 11.9 Å². The van der Waals surface area contributed by atoms with Crippen molar-refractivity contribution in [3.8, 4) is 0 Å². The highest BCUT2D eigenvalue weighted by Gasteiger charge is 2.24. The van der Waals surface area contributed by atoms with Gasteiger partial charge in [-0.15, -0.1) is 11.3 Å². The molecule has 0 fully saturated rings. The van der Waals surface area contributed by atoms with Gasteiger partial charge in [-0.2, -0.15) is 0 Å². The summed E-state index contributed by atoms with van der Waals surface area (Å²) in [6.07, 6.45) is 3.31. The lowest BCUT2D eigenvalue weighted by atomic mass is 10.1. The van der Waals surface area contributed by atoms with Gasteiger partial charge in [0.2, 0.25) is 5.95 Å². The zero-order valence-electron chi connectivity index (χ0n) is 19.7. The topological polar surface area (TPSA) is 158 Å². The second-order valence-corrected chi connectivity index (χ2v) is 8.85. The third-order valence-electron chi connectivity index (χ3n) is 5.17. The average molecular weight is 504 g/mol. The first-order valence-electron chi connectivity index (χ1n) is 11.4. The number of fused-ring (bicyclic) bond motifs is 1. The average Bonchev–Trinajstić information content (AvgIpc) is 3.44. The number of aryl methyl sites for hydroxylation is 2. The van der Waals surface area contributed by atoms with Crippen LogP contribution >= 0.6 is 11.3 Å². The van der Waals surface area contributed by atoms with E-state index in [0.717, 1.165) is 11.3 Å². The maximum atomic E-state index is 12.7. The minimum Gasteiger partial charge on any atom is -0.466 e. The Morgan fingerprint density at radius 3 is 2.71 bits per heavy atom. The molecule has 3 heterocycles. The first-order valence-corrected chi connectivity index (χ1v) is 12.2. The Kier molecular flexibility index (Phi) is 9.01. The van der Waals surface area contributed by atoms with Crippen LogP contribution in [0, 0.1) is 0 Å². The molecule has 1 amide bonds. The van der Waals surface area contributed by atoms with E-state index in [1.165, 1.54) is 11.3 Å². The van der Waals surface area contributed by atoms with Crippen molar-refractivity contribution in [1.29, 1.82) is 0 Å². The summed E-state index contributed by atoms with van der Waals surface area (Å²) in [5.74, 6) is -1.36. The van der Waals surface area contributed by atoms with Gasteiger partial charge in [0, 0.05) is 24.0 Å². The number of hydrogen-bond donors (Lipinski definition) is 3. The van der Waals surface area contributed by atoms with E-state index in [9.17, 15) is 19.2 Å². The van der Waals surface area contributed by atoms with Gasteiger partial charge in [0.1, 0.15) is 11.6 Å². The van der Waals surface area contributed by atoms with Gasteiger partial charge < -0.3 is 25.1 Å². The summed E-state index contributed by atoms with van der Waals surface area (Å²) in [5, 5.41) is 2.67. The van der Waals surface area contributed by atoms with Gasteiger partial charge in [-0.3, -0.25) is 19.4 Å². The quantitative estimate of drug-likeness (QED) is 0.317. The number of anilines is 1. The number of nitrogen functional groups attached to an aromatic ring is 1. The van der Waals surface area contributed by atoms with E-state index in [1.54, 1.807) is 32.2 Å². The van der Waals surface area contributed by atoms with E-state index in [1.807, 2.05) is 10.6 Å². The number of ether oxygens (including phenoxy) is 2. The molecule has 0 bridgehead atoms. The number of hydrogen-bond acceptors (Lipinski definition) is 9. The van der Waals surface area contributed by atoms with Crippen molar-refractivity contribution in [2.24, 2.45) is 0 Å². The summed E-state index contributed by atoms with van der Waals surface area (Å²) in [7, 11) is 0. The fourth-order valence-corrected chi connectivity index (χ4v) is 4.54. The SMILES string of the molecule is CCOC(=O)CC[C@H](NC(=O)c1ccc(CCCn2ccc3nc(N)[nH]c(=O)c32)s1)C(=O)OCC. The summed E-state index contributed by atoms with van der Waals surface area (Å²) < 4.78 is 11.8. The number of aromatic nitrogens is 3. The fraction of sp³-hybridized carbons (Fsp3) is 0.435. The number of H-pyrrole nitrogens is 1. The number of esters is 2. The molecule has 11 nitrogen and oxygen atoms in total. The molecule has 0 saturated heterocycles. The number of thiophene rings is 1. The van der Waals surface area contributed by atoms with Crippen molar-refractivity contribution in [1.82, 2.24) is 19.9 Å². The van der Waals surface area contributed by atoms with Gasteiger partial charge in [0.25, 0.3) is 11.5 Å². The monoisotopic (exact) mass is 503 g/mol. The van der Waals surface area contributed by atoms with Crippen LogP contribution in [0.1, 0.15) is 47.7 Å². The number of amides is 1. The van der Waals surface area contributed by atoms with Crippen LogP contribution in [0.3, 0.4) is 0 Å². The normalized spacial score (nSPS) is 11.8. The van der Waals surface area contributed by atoms with E-state index in [-0.39, 0.29) is 37.6 Å². The Labute approximate surface area is 205 Å². The van der Waals surface area contributed by atoms with Crippen LogP contribution in [0.15, 0.2) is 29.2 Å². The van der Waals surface area contributed by atoms with E-state index < -0.39 is 23.9 Å². The smallest absolute Gasteiger partial charge is 0.328 e. The number of aromatic amines is 1. The lowest BCUT2D eigenvalue weighted by Gasteiger charge is -2.16. The van der Waals surface area contributed by atoms with Gasteiger partial charge in [0.05, 0.1) is 23.6 Å². The molecule has 0 spiro atoms. The lowest BCUT2D eigenvalue weighted by molar-refractivity contribution is -0.146. The van der Waals surface area contributed by atoms with Crippen molar-refractivity contribution < 1.29 is 23.9 Å². The summed E-state index contributed by atoms with van der Waals surface area (Å²) in [4.78, 5) is 56.9. The van der Waals surface area contributed by atoms with Crippen LogP contribution in [-0.4, -0.2) is 51.6 Å². The molecule has 35 heavy (non-hydrogen) atoms. The van der Waals surface area contributed by atoms with Gasteiger partial charge in [-0.25, -0.2) is 9.78 Å². The molecule has 188 valence electrons. The highest BCUT2D eigenvalue weighted by molar-refractivity contribution is 7.14. The standard InChI is InChI=1S/C23H29N5O6S/c1-3-33-18(29)10-8-16(22(32)34-4-2)25-20(30)17-9-7-14(35-17)6-5-12-28-13-11-15-19(28)21(31)27-23(24)26-15/h7,9,11,13,16H,3-6,8,10,12H2,1-2H3,(H,25,30)(H3,24,26,27,31)/t16-/m0/s1. The first kappa shape index (κ1) is 25.9. The first-order chi connectivity index (χ1) is 16.8. The summed E-state index contributed by atoms with van der Waals surface area (Å²) in [5.41, 5.74) is 6.31. The maximum Gasteiger partial charge on any atom is 0.328 e. The molecule has 0 radical (unpaired) electrons. The van der Waals surface area contributed by atoms with Crippen LogP contribution < -0.4 is 16.6 Å². The zero-order valence-corrected chi connectivity index (χ0v) is 20.5. The third kappa shape index (κ3) is 6.92. The largest absolute Gasteiger partial charge is 0.466 e.